The summed E-state index contributed by atoms with van der Waals surface area (Å²) >= 11 is 7.70. The maximum absolute atomic E-state index is 4.21. The summed E-state index contributed by atoms with van der Waals surface area (Å²) in [4.78, 5) is 3.28. The van der Waals surface area contributed by atoms with Gasteiger partial charge in [0.05, 0.1) is 0 Å². The van der Waals surface area contributed by atoms with E-state index >= 15 is 0 Å². The minimum absolute atomic E-state index is 0.751. The minimum atomic E-state index is 0.751. The lowest BCUT2D eigenvalue weighted by Crippen LogP contribution is -1.72. The molecule has 0 aliphatic heterocycles. The molecule has 0 saturated carbocycles. The fourth-order valence-corrected chi connectivity index (χ4v) is 1.91. The Kier molecular flexibility index (Phi) is 2.15. The van der Waals surface area contributed by atoms with Crippen LogP contribution in [0.5, 0.6) is 0 Å². The van der Waals surface area contributed by atoms with Gasteiger partial charge in [-0.2, -0.15) is 12.6 Å². The Morgan fingerprint density at radius 3 is 2.92 bits per heavy atom. The zero-order valence-corrected chi connectivity index (χ0v) is 8.82. The predicted octanol–water partition coefficient (Wildman–Crippen LogP) is 3.36. The van der Waals surface area contributed by atoms with E-state index in [0.29, 0.717) is 0 Å². The third-order valence-corrected chi connectivity index (χ3v) is 2.87. The van der Waals surface area contributed by atoms with Crippen LogP contribution in [0.1, 0.15) is 5.69 Å². The van der Waals surface area contributed by atoms with E-state index in [4.69, 9.17) is 0 Å². The number of aromatic nitrogens is 1. The van der Waals surface area contributed by atoms with E-state index in [0.717, 1.165) is 21.4 Å². The van der Waals surface area contributed by atoms with Gasteiger partial charge in [-0.25, -0.2) is 0 Å². The van der Waals surface area contributed by atoms with Crippen molar-refractivity contribution in [3.8, 4) is 0 Å². The van der Waals surface area contributed by atoms with Crippen LogP contribution < -0.4 is 0 Å². The Labute approximate surface area is 84.7 Å². The van der Waals surface area contributed by atoms with Crippen LogP contribution in [-0.2, 0) is 5.75 Å². The zero-order chi connectivity index (χ0) is 8.55. The molecule has 62 valence electrons. The lowest BCUT2D eigenvalue weighted by Gasteiger charge is -1.90. The van der Waals surface area contributed by atoms with Crippen molar-refractivity contribution < 1.29 is 0 Å². The van der Waals surface area contributed by atoms with Crippen molar-refractivity contribution in [1.82, 2.24) is 4.98 Å². The molecule has 2 rings (SSSR count). The Balaban J connectivity index is 2.74. The second kappa shape index (κ2) is 3.15. The largest absolute Gasteiger partial charge is 0.358 e. The number of aromatic amines is 1. The average molecular weight is 242 g/mol. The first-order valence-corrected chi connectivity index (χ1v) is 5.11. The molecule has 12 heavy (non-hydrogen) atoms. The number of halogens is 1. The van der Waals surface area contributed by atoms with E-state index in [1.165, 1.54) is 5.39 Å². The van der Waals surface area contributed by atoms with Crippen LogP contribution in [0.2, 0.25) is 0 Å². The van der Waals surface area contributed by atoms with Gasteiger partial charge in [0, 0.05) is 26.8 Å². The highest BCUT2D eigenvalue weighted by Gasteiger charge is 2.01. The SMILES string of the molecule is SCc1cc2c(Br)cccc2[nH]1. The van der Waals surface area contributed by atoms with Gasteiger partial charge >= 0.3 is 0 Å². The van der Waals surface area contributed by atoms with Gasteiger partial charge in [-0.3, -0.25) is 0 Å². The van der Waals surface area contributed by atoms with Crippen molar-refractivity contribution in [3.05, 3.63) is 34.4 Å². The van der Waals surface area contributed by atoms with E-state index in [1.807, 2.05) is 12.1 Å². The Hall–Kier alpha value is -0.410. The number of fused-ring (bicyclic) bond motifs is 1. The summed E-state index contributed by atoms with van der Waals surface area (Å²) in [5.41, 5.74) is 2.31. The van der Waals surface area contributed by atoms with Crippen LogP contribution in [0.15, 0.2) is 28.7 Å². The molecule has 0 atom stereocenters. The van der Waals surface area contributed by atoms with Gasteiger partial charge in [-0.05, 0) is 18.2 Å². The maximum Gasteiger partial charge on any atom is 0.0467 e. The van der Waals surface area contributed by atoms with Crippen molar-refractivity contribution in [3.63, 3.8) is 0 Å². The lowest BCUT2D eigenvalue weighted by atomic mass is 10.2. The molecule has 0 saturated heterocycles. The molecular weight excluding hydrogens is 234 g/mol. The summed E-state index contributed by atoms with van der Waals surface area (Å²) in [5, 5.41) is 1.22. The predicted molar refractivity (Wildman–Crippen MR) is 58.7 cm³/mol. The molecule has 1 N–H and O–H groups in total. The summed E-state index contributed by atoms with van der Waals surface area (Å²) in [7, 11) is 0. The van der Waals surface area contributed by atoms with Crippen LogP contribution in [0.3, 0.4) is 0 Å². The molecular formula is C9H8BrNS. The molecule has 1 aromatic carbocycles. The van der Waals surface area contributed by atoms with Gasteiger partial charge in [-0.15, -0.1) is 0 Å². The summed E-state index contributed by atoms with van der Waals surface area (Å²) in [6, 6.07) is 8.24. The first-order valence-electron chi connectivity index (χ1n) is 3.68. The highest BCUT2D eigenvalue weighted by Crippen LogP contribution is 2.24. The molecule has 2 aromatic rings. The number of hydrogen-bond donors (Lipinski definition) is 2. The number of H-pyrrole nitrogens is 1. The number of rotatable bonds is 1. The first-order chi connectivity index (χ1) is 5.81. The van der Waals surface area contributed by atoms with Crippen LogP contribution >= 0.6 is 28.6 Å². The molecule has 0 amide bonds. The van der Waals surface area contributed by atoms with Crippen LogP contribution in [0.4, 0.5) is 0 Å². The fraction of sp³-hybridized carbons (Fsp3) is 0.111. The number of thiol groups is 1. The number of nitrogens with one attached hydrogen (secondary N) is 1. The van der Waals surface area contributed by atoms with E-state index in [9.17, 15) is 0 Å². The Morgan fingerprint density at radius 1 is 1.42 bits per heavy atom. The van der Waals surface area contributed by atoms with Crippen molar-refractivity contribution in [2.75, 3.05) is 0 Å². The standard InChI is InChI=1S/C9H8BrNS/c10-8-2-1-3-9-7(8)4-6(5-12)11-9/h1-4,11-12H,5H2. The quantitative estimate of drug-likeness (QED) is 0.713. The molecule has 1 nitrogen and oxygen atoms in total. The maximum atomic E-state index is 4.21. The molecule has 0 aliphatic rings. The summed E-state index contributed by atoms with van der Waals surface area (Å²) in [6.45, 7) is 0. The number of hydrogen-bond acceptors (Lipinski definition) is 1. The third kappa shape index (κ3) is 1.27. The molecule has 1 heterocycles. The zero-order valence-electron chi connectivity index (χ0n) is 6.34. The van der Waals surface area contributed by atoms with E-state index in [1.54, 1.807) is 0 Å². The monoisotopic (exact) mass is 241 g/mol. The van der Waals surface area contributed by atoms with Crippen molar-refractivity contribution >= 4 is 39.5 Å². The smallest absolute Gasteiger partial charge is 0.0467 e. The first kappa shape index (κ1) is 8.20. The van der Waals surface area contributed by atoms with Crippen LogP contribution in [-0.4, -0.2) is 4.98 Å². The highest BCUT2D eigenvalue weighted by molar-refractivity contribution is 9.10. The molecule has 3 heteroatoms. The summed E-state index contributed by atoms with van der Waals surface area (Å²) in [6.07, 6.45) is 0. The minimum Gasteiger partial charge on any atom is -0.358 e. The van der Waals surface area contributed by atoms with Gasteiger partial charge in [0.2, 0.25) is 0 Å². The van der Waals surface area contributed by atoms with Gasteiger partial charge in [0.1, 0.15) is 0 Å². The van der Waals surface area contributed by atoms with E-state index < -0.39 is 0 Å². The molecule has 0 unspecified atom stereocenters. The van der Waals surface area contributed by atoms with Crippen molar-refractivity contribution in [2.45, 2.75) is 5.75 Å². The number of benzene rings is 1. The van der Waals surface area contributed by atoms with Gasteiger partial charge in [-0.1, -0.05) is 22.0 Å². The summed E-state index contributed by atoms with van der Waals surface area (Å²) < 4.78 is 1.13. The van der Waals surface area contributed by atoms with E-state index in [-0.39, 0.29) is 0 Å². The molecule has 0 aliphatic carbocycles. The molecule has 0 spiro atoms. The Bertz CT molecular complexity index is 408. The second-order valence-electron chi connectivity index (χ2n) is 2.65. The average Bonchev–Trinajstić information content (AvgIpc) is 2.49. The van der Waals surface area contributed by atoms with Gasteiger partial charge < -0.3 is 4.98 Å². The van der Waals surface area contributed by atoms with E-state index in [2.05, 4.69) is 45.7 Å². The van der Waals surface area contributed by atoms with Crippen LogP contribution in [0.25, 0.3) is 10.9 Å². The van der Waals surface area contributed by atoms with Crippen molar-refractivity contribution in [2.24, 2.45) is 0 Å². The molecule has 0 bridgehead atoms. The molecule has 1 aromatic heterocycles. The fourth-order valence-electron chi connectivity index (χ4n) is 1.26. The molecule has 0 radical (unpaired) electrons. The second-order valence-corrected chi connectivity index (χ2v) is 3.82. The molecule has 0 fully saturated rings. The van der Waals surface area contributed by atoms with Crippen molar-refractivity contribution in [1.29, 1.82) is 0 Å². The highest BCUT2D eigenvalue weighted by atomic mass is 79.9. The lowest BCUT2D eigenvalue weighted by molar-refractivity contribution is 1.27. The van der Waals surface area contributed by atoms with Gasteiger partial charge in [0.15, 0.2) is 0 Å². The third-order valence-electron chi connectivity index (χ3n) is 1.84. The Morgan fingerprint density at radius 2 is 2.25 bits per heavy atom. The van der Waals surface area contributed by atoms with Gasteiger partial charge in [0.25, 0.3) is 0 Å². The van der Waals surface area contributed by atoms with Crippen LogP contribution in [0, 0.1) is 0 Å². The summed E-state index contributed by atoms with van der Waals surface area (Å²) in [5.74, 6) is 0.751. The topological polar surface area (TPSA) is 15.8 Å². The normalized spacial score (nSPS) is 10.8.